The Labute approximate surface area is 95.3 Å². The van der Waals surface area contributed by atoms with Crippen molar-refractivity contribution in [3.63, 3.8) is 0 Å². The molecular formula is C11H17N3S. The lowest BCUT2D eigenvalue weighted by Crippen LogP contribution is -2.31. The smallest absolute Gasteiger partial charge is 0.125 e. The maximum Gasteiger partial charge on any atom is 0.125 e. The summed E-state index contributed by atoms with van der Waals surface area (Å²) in [5.74, 6) is 3.49. The first-order chi connectivity index (χ1) is 7.38. The number of pyridine rings is 1. The second-order valence-electron chi connectivity index (χ2n) is 3.69. The van der Waals surface area contributed by atoms with Crippen molar-refractivity contribution in [3.05, 3.63) is 23.9 Å². The molecule has 3 nitrogen and oxygen atoms in total. The van der Waals surface area contributed by atoms with Crippen LogP contribution in [0.5, 0.6) is 0 Å². The average molecular weight is 223 g/mol. The molecule has 1 aliphatic heterocycles. The average Bonchev–Trinajstić information content (AvgIpc) is 2.31. The van der Waals surface area contributed by atoms with Crippen molar-refractivity contribution in [1.82, 2.24) is 9.88 Å². The maximum atomic E-state index is 4.22. The van der Waals surface area contributed by atoms with Gasteiger partial charge in [0.2, 0.25) is 0 Å². The molecule has 1 aliphatic rings. The third-order valence-electron chi connectivity index (χ3n) is 2.59. The molecule has 82 valence electrons. The van der Waals surface area contributed by atoms with Crippen molar-refractivity contribution in [1.29, 1.82) is 0 Å². The predicted molar refractivity (Wildman–Crippen MR) is 66.4 cm³/mol. The molecule has 0 aromatic carbocycles. The van der Waals surface area contributed by atoms with E-state index in [1.54, 1.807) is 0 Å². The van der Waals surface area contributed by atoms with Gasteiger partial charge in [0, 0.05) is 44.4 Å². The minimum absolute atomic E-state index is 0.957. The Morgan fingerprint density at radius 1 is 1.47 bits per heavy atom. The fourth-order valence-corrected chi connectivity index (χ4v) is 2.71. The highest BCUT2D eigenvalue weighted by atomic mass is 32.2. The molecule has 1 saturated heterocycles. The van der Waals surface area contributed by atoms with Gasteiger partial charge in [-0.1, -0.05) is 0 Å². The van der Waals surface area contributed by atoms with Gasteiger partial charge in [-0.2, -0.15) is 11.8 Å². The molecule has 0 amide bonds. The van der Waals surface area contributed by atoms with Gasteiger partial charge >= 0.3 is 0 Å². The maximum absolute atomic E-state index is 4.22. The monoisotopic (exact) mass is 223 g/mol. The lowest BCUT2D eigenvalue weighted by atomic mass is 10.2. The van der Waals surface area contributed by atoms with Crippen LogP contribution >= 0.6 is 11.8 Å². The minimum Gasteiger partial charge on any atom is -0.373 e. The van der Waals surface area contributed by atoms with E-state index < -0.39 is 0 Å². The Kier molecular flexibility index (Phi) is 3.86. The van der Waals surface area contributed by atoms with Crippen LogP contribution in [0.15, 0.2) is 18.3 Å². The molecule has 1 aromatic rings. The van der Waals surface area contributed by atoms with Gasteiger partial charge in [-0.25, -0.2) is 4.98 Å². The molecule has 1 fully saturated rings. The summed E-state index contributed by atoms with van der Waals surface area (Å²) in [5.41, 5.74) is 1.35. The number of aromatic nitrogens is 1. The molecule has 4 heteroatoms. The first kappa shape index (κ1) is 10.8. The SMILES string of the molecule is CNc1cc(CN2CCSCC2)ccn1. The fourth-order valence-electron chi connectivity index (χ4n) is 1.73. The molecular weight excluding hydrogens is 206 g/mol. The lowest BCUT2D eigenvalue weighted by Gasteiger charge is -2.26. The molecule has 0 saturated carbocycles. The van der Waals surface area contributed by atoms with Crippen molar-refractivity contribution < 1.29 is 0 Å². The van der Waals surface area contributed by atoms with E-state index in [-0.39, 0.29) is 0 Å². The molecule has 0 aliphatic carbocycles. The summed E-state index contributed by atoms with van der Waals surface area (Å²) < 4.78 is 0. The van der Waals surface area contributed by atoms with Crippen LogP contribution in [0.1, 0.15) is 5.56 Å². The molecule has 0 radical (unpaired) electrons. The summed E-state index contributed by atoms with van der Waals surface area (Å²) in [7, 11) is 1.91. The van der Waals surface area contributed by atoms with E-state index >= 15 is 0 Å². The summed E-state index contributed by atoms with van der Waals surface area (Å²) in [6.07, 6.45) is 1.87. The summed E-state index contributed by atoms with van der Waals surface area (Å²) in [6, 6.07) is 4.23. The first-order valence-corrected chi connectivity index (χ1v) is 6.47. The van der Waals surface area contributed by atoms with Crippen LogP contribution in [0.3, 0.4) is 0 Å². The Bertz CT molecular complexity index is 310. The minimum atomic E-state index is 0.957. The molecule has 0 spiro atoms. The van der Waals surface area contributed by atoms with Crippen LogP contribution < -0.4 is 5.32 Å². The van der Waals surface area contributed by atoms with Gasteiger partial charge in [-0.05, 0) is 17.7 Å². The lowest BCUT2D eigenvalue weighted by molar-refractivity contribution is 0.294. The molecule has 0 atom stereocenters. The summed E-state index contributed by atoms with van der Waals surface area (Å²) in [5, 5.41) is 3.07. The number of nitrogens with zero attached hydrogens (tertiary/aromatic N) is 2. The molecule has 2 heterocycles. The van der Waals surface area contributed by atoms with E-state index in [0.29, 0.717) is 0 Å². The number of hydrogen-bond acceptors (Lipinski definition) is 4. The summed E-state index contributed by atoms with van der Waals surface area (Å²) >= 11 is 2.05. The molecule has 1 aromatic heterocycles. The van der Waals surface area contributed by atoms with E-state index in [0.717, 1.165) is 12.4 Å². The largest absolute Gasteiger partial charge is 0.373 e. The highest BCUT2D eigenvalue weighted by molar-refractivity contribution is 7.99. The van der Waals surface area contributed by atoms with E-state index in [1.807, 2.05) is 13.2 Å². The van der Waals surface area contributed by atoms with E-state index in [2.05, 4.69) is 39.1 Å². The van der Waals surface area contributed by atoms with Crippen LogP contribution in [-0.4, -0.2) is 41.5 Å². The topological polar surface area (TPSA) is 28.2 Å². The van der Waals surface area contributed by atoms with Gasteiger partial charge in [0.25, 0.3) is 0 Å². The van der Waals surface area contributed by atoms with Crippen molar-refractivity contribution in [2.75, 3.05) is 37.0 Å². The molecule has 15 heavy (non-hydrogen) atoms. The predicted octanol–water partition coefficient (Wildman–Crippen LogP) is 1.67. The first-order valence-electron chi connectivity index (χ1n) is 5.31. The summed E-state index contributed by atoms with van der Waals surface area (Å²) in [4.78, 5) is 6.72. The second kappa shape index (κ2) is 5.37. The van der Waals surface area contributed by atoms with E-state index in [1.165, 1.54) is 30.2 Å². The number of rotatable bonds is 3. The third kappa shape index (κ3) is 3.11. The number of thioether (sulfide) groups is 1. The van der Waals surface area contributed by atoms with Gasteiger partial charge in [0.05, 0.1) is 0 Å². The molecule has 1 N–H and O–H groups in total. The molecule has 2 rings (SSSR count). The van der Waals surface area contributed by atoms with Crippen molar-refractivity contribution in [2.45, 2.75) is 6.54 Å². The van der Waals surface area contributed by atoms with Gasteiger partial charge in [0.15, 0.2) is 0 Å². The van der Waals surface area contributed by atoms with Crippen LogP contribution in [-0.2, 0) is 6.54 Å². The van der Waals surface area contributed by atoms with Crippen molar-refractivity contribution in [2.24, 2.45) is 0 Å². The van der Waals surface area contributed by atoms with Gasteiger partial charge in [-0.15, -0.1) is 0 Å². The van der Waals surface area contributed by atoms with E-state index in [9.17, 15) is 0 Å². The van der Waals surface area contributed by atoms with E-state index in [4.69, 9.17) is 0 Å². The van der Waals surface area contributed by atoms with Gasteiger partial charge in [0.1, 0.15) is 5.82 Å². The van der Waals surface area contributed by atoms with Crippen LogP contribution in [0.2, 0.25) is 0 Å². The fraction of sp³-hybridized carbons (Fsp3) is 0.545. The van der Waals surface area contributed by atoms with Gasteiger partial charge < -0.3 is 5.32 Å². The van der Waals surface area contributed by atoms with Crippen LogP contribution in [0.25, 0.3) is 0 Å². The van der Waals surface area contributed by atoms with Crippen LogP contribution in [0, 0.1) is 0 Å². The Morgan fingerprint density at radius 2 is 2.27 bits per heavy atom. The molecule has 0 unspecified atom stereocenters. The zero-order chi connectivity index (χ0) is 10.5. The Hall–Kier alpha value is -0.740. The normalized spacial score (nSPS) is 17.7. The number of nitrogens with one attached hydrogen (secondary N) is 1. The third-order valence-corrected chi connectivity index (χ3v) is 3.53. The zero-order valence-corrected chi connectivity index (χ0v) is 9.89. The highest BCUT2D eigenvalue weighted by Crippen LogP contribution is 2.14. The zero-order valence-electron chi connectivity index (χ0n) is 9.07. The molecule has 0 bridgehead atoms. The summed E-state index contributed by atoms with van der Waals surface area (Å²) in [6.45, 7) is 3.47. The Morgan fingerprint density at radius 3 is 3.00 bits per heavy atom. The quantitative estimate of drug-likeness (QED) is 0.844. The number of anilines is 1. The standard InChI is InChI=1S/C11H17N3S/c1-12-11-8-10(2-3-13-11)9-14-4-6-15-7-5-14/h2-3,8H,4-7,9H2,1H3,(H,12,13). The highest BCUT2D eigenvalue weighted by Gasteiger charge is 2.10. The Balaban J connectivity index is 1.96. The number of hydrogen-bond donors (Lipinski definition) is 1. The van der Waals surface area contributed by atoms with Gasteiger partial charge in [-0.3, -0.25) is 4.90 Å². The van der Waals surface area contributed by atoms with Crippen LogP contribution in [0.4, 0.5) is 5.82 Å². The van der Waals surface area contributed by atoms with Crippen molar-refractivity contribution in [3.8, 4) is 0 Å². The van der Waals surface area contributed by atoms with Crippen molar-refractivity contribution >= 4 is 17.6 Å². The second-order valence-corrected chi connectivity index (χ2v) is 4.91.